The summed E-state index contributed by atoms with van der Waals surface area (Å²) in [6.45, 7) is 5.15. The summed E-state index contributed by atoms with van der Waals surface area (Å²) < 4.78 is 0. The molecule has 1 heterocycles. The number of hydrogen-bond donors (Lipinski definition) is 1. The molecule has 1 N–H and O–H groups in total. The number of rotatable bonds is 4. The molecule has 3 heteroatoms. The Morgan fingerprint density at radius 2 is 1.79 bits per heavy atom. The lowest BCUT2D eigenvalue weighted by Crippen LogP contribution is -2.21. The number of nitrogens with one attached hydrogen (secondary N) is 1. The molecule has 0 aliphatic carbocycles. The molecule has 1 aromatic carbocycles. The van der Waals surface area contributed by atoms with Gasteiger partial charge in [0, 0.05) is 24.3 Å². The molecule has 0 atom stereocenters. The SMILES string of the molecule is CC(C)NCc1ccc(-c2ccc(C#N)nc2)cc1. The van der Waals surface area contributed by atoms with E-state index >= 15 is 0 Å². The molecule has 0 aliphatic rings. The van der Waals surface area contributed by atoms with Crippen LogP contribution in [0.2, 0.25) is 0 Å². The first-order valence-corrected chi connectivity index (χ1v) is 6.38. The van der Waals surface area contributed by atoms with Gasteiger partial charge in [0.05, 0.1) is 0 Å². The fraction of sp³-hybridized carbons (Fsp3) is 0.250. The minimum absolute atomic E-state index is 0.446. The van der Waals surface area contributed by atoms with Gasteiger partial charge < -0.3 is 5.32 Å². The molecular weight excluding hydrogens is 234 g/mol. The Hall–Kier alpha value is -2.18. The lowest BCUT2D eigenvalue weighted by molar-refractivity contribution is 0.589. The molecule has 3 nitrogen and oxygen atoms in total. The van der Waals surface area contributed by atoms with E-state index in [0.717, 1.165) is 17.7 Å². The van der Waals surface area contributed by atoms with Gasteiger partial charge in [0.1, 0.15) is 11.8 Å². The van der Waals surface area contributed by atoms with E-state index in [0.29, 0.717) is 11.7 Å². The van der Waals surface area contributed by atoms with Crippen LogP contribution in [0.25, 0.3) is 11.1 Å². The van der Waals surface area contributed by atoms with Crippen molar-refractivity contribution in [1.82, 2.24) is 10.3 Å². The molecule has 0 aliphatic heterocycles. The zero-order valence-electron chi connectivity index (χ0n) is 11.2. The minimum atomic E-state index is 0.446. The van der Waals surface area contributed by atoms with Crippen molar-refractivity contribution in [1.29, 1.82) is 5.26 Å². The molecule has 19 heavy (non-hydrogen) atoms. The Kier molecular flexibility index (Phi) is 4.27. The monoisotopic (exact) mass is 251 g/mol. The largest absolute Gasteiger partial charge is 0.310 e. The molecule has 0 amide bonds. The van der Waals surface area contributed by atoms with Crippen LogP contribution < -0.4 is 5.32 Å². The van der Waals surface area contributed by atoms with E-state index in [2.05, 4.69) is 48.4 Å². The molecule has 2 aromatic rings. The maximum atomic E-state index is 8.72. The van der Waals surface area contributed by atoms with Crippen LogP contribution in [0.15, 0.2) is 42.6 Å². The number of pyridine rings is 1. The van der Waals surface area contributed by atoms with Crippen molar-refractivity contribution in [2.75, 3.05) is 0 Å². The van der Waals surface area contributed by atoms with E-state index in [-0.39, 0.29) is 0 Å². The van der Waals surface area contributed by atoms with Crippen LogP contribution in [0.4, 0.5) is 0 Å². The van der Waals surface area contributed by atoms with Gasteiger partial charge in [-0.2, -0.15) is 5.26 Å². The van der Waals surface area contributed by atoms with Gasteiger partial charge in [0.25, 0.3) is 0 Å². The van der Waals surface area contributed by atoms with Crippen molar-refractivity contribution in [3.05, 3.63) is 53.9 Å². The van der Waals surface area contributed by atoms with Crippen LogP contribution in [0.3, 0.4) is 0 Å². The Balaban J connectivity index is 2.11. The third-order valence-electron chi connectivity index (χ3n) is 2.88. The second kappa shape index (κ2) is 6.12. The summed E-state index contributed by atoms with van der Waals surface area (Å²) in [5.41, 5.74) is 3.85. The van der Waals surface area contributed by atoms with Gasteiger partial charge in [-0.15, -0.1) is 0 Å². The molecule has 0 bridgehead atoms. The Morgan fingerprint density at radius 1 is 1.11 bits per heavy atom. The number of benzene rings is 1. The Bertz CT molecular complexity index is 562. The first-order valence-electron chi connectivity index (χ1n) is 6.38. The van der Waals surface area contributed by atoms with E-state index < -0.39 is 0 Å². The normalized spacial score (nSPS) is 10.4. The van der Waals surface area contributed by atoms with Gasteiger partial charge in [-0.3, -0.25) is 0 Å². The highest BCUT2D eigenvalue weighted by Gasteiger charge is 2.00. The van der Waals surface area contributed by atoms with Gasteiger partial charge in [-0.25, -0.2) is 4.98 Å². The number of nitriles is 1. The van der Waals surface area contributed by atoms with Crippen LogP contribution in [0.5, 0.6) is 0 Å². The van der Waals surface area contributed by atoms with Crippen molar-refractivity contribution < 1.29 is 0 Å². The van der Waals surface area contributed by atoms with Crippen LogP contribution in [-0.2, 0) is 6.54 Å². The Morgan fingerprint density at radius 3 is 2.32 bits per heavy atom. The lowest BCUT2D eigenvalue weighted by Gasteiger charge is -2.08. The first-order chi connectivity index (χ1) is 9.19. The van der Waals surface area contributed by atoms with E-state index in [1.165, 1.54) is 5.56 Å². The molecule has 2 rings (SSSR count). The fourth-order valence-corrected chi connectivity index (χ4v) is 1.77. The molecular formula is C16H17N3. The summed E-state index contributed by atoms with van der Waals surface area (Å²) in [4.78, 5) is 4.08. The summed E-state index contributed by atoms with van der Waals surface area (Å²) in [5.74, 6) is 0. The van der Waals surface area contributed by atoms with Crippen LogP contribution in [-0.4, -0.2) is 11.0 Å². The fourth-order valence-electron chi connectivity index (χ4n) is 1.77. The van der Waals surface area contributed by atoms with E-state index in [1.807, 2.05) is 12.1 Å². The van der Waals surface area contributed by atoms with Gasteiger partial charge in [0.15, 0.2) is 0 Å². The first kappa shape index (κ1) is 13.3. The van der Waals surface area contributed by atoms with Crippen molar-refractivity contribution in [2.24, 2.45) is 0 Å². The van der Waals surface area contributed by atoms with Gasteiger partial charge in [-0.1, -0.05) is 38.1 Å². The van der Waals surface area contributed by atoms with Crippen molar-refractivity contribution >= 4 is 0 Å². The maximum Gasteiger partial charge on any atom is 0.140 e. The lowest BCUT2D eigenvalue weighted by atomic mass is 10.1. The van der Waals surface area contributed by atoms with Crippen molar-refractivity contribution in [2.45, 2.75) is 26.4 Å². The smallest absolute Gasteiger partial charge is 0.140 e. The Labute approximate surface area is 113 Å². The summed E-state index contributed by atoms with van der Waals surface area (Å²) >= 11 is 0. The molecule has 1 aromatic heterocycles. The molecule has 0 saturated heterocycles. The van der Waals surface area contributed by atoms with Crippen LogP contribution in [0, 0.1) is 11.3 Å². The highest BCUT2D eigenvalue weighted by Crippen LogP contribution is 2.19. The maximum absolute atomic E-state index is 8.72. The summed E-state index contributed by atoms with van der Waals surface area (Å²) in [6.07, 6.45) is 1.74. The summed E-state index contributed by atoms with van der Waals surface area (Å²) in [5, 5.41) is 12.1. The van der Waals surface area contributed by atoms with E-state index in [1.54, 1.807) is 12.3 Å². The summed E-state index contributed by atoms with van der Waals surface area (Å²) in [7, 11) is 0. The average Bonchev–Trinajstić information content (AvgIpc) is 2.46. The van der Waals surface area contributed by atoms with Gasteiger partial charge in [0.2, 0.25) is 0 Å². The predicted octanol–water partition coefficient (Wildman–Crippen LogP) is 3.12. The average molecular weight is 251 g/mol. The van der Waals surface area contributed by atoms with Crippen molar-refractivity contribution in [3.63, 3.8) is 0 Å². The van der Waals surface area contributed by atoms with Gasteiger partial charge in [-0.05, 0) is 23.3 Å². The van der Waals surface area contributed by atoms with E-state index in [9.17, 15) is 0 Å². The minimum Gasteiger partial charge on any atom is -0.310 e. The zero-order valence-corrected chi connectivity index (χ0v) is 11.2. The molecule has 0 saturated carbocycles. The van der Waals surface area contributed by atoms with Crippen LogP contribution in [0.1, 0.15) is 25.1 Å². The molecule has 96 valence electrons. The number of aromatic nitrogens is 1. The zero-order chi connectivity index (χ0) is 13.7. The second-order valence-corrected chi connectivity index (χ2v) is 4.78. The summed E-state index contributed by atoms with van der Waals surface area (Å²) in [6, 6.07) is 14.6. The van der Waals surface area contributed by atoms with Crippen molar-refractivity contribution in [3.8, 4) is 17.2 Å². The predicted molar refractivity (Wildman–Crippen MR) is 76.4 cm³/mol. The number of nitrogens with zero attached hydrogens (tertiary/aromatic N) is 2. The third-order valence-corrected chi connectivity index (χ3v) is 2.88. The van der Waals surface area contributed by atoms with E-state index in [4.69, 9.17) is 5.26 Å². The number of hydrogen-bond acceptors (Lipinski definition) is 3. The third kappa shape index (κ3) is 3.64. The second-order valence-electron chi connectivity index (χ2n) is 4.78. The highest BCUT2D eigenvalue weighted by atomic mass is 14.9. The quantitative estimate of drug-likeness (QED) is 0.908. The standard InChI is InChI=1S/C16H17N3/c1-12(2)18-10-13-3-5-14(6-4-13)15-7-8-16(9-17)19-11-15/h3-8,11-12,18H,10H2,1-2H3. The molecule has 0 unspecified atom stereocenters. The highest BCUT2D eigenvalue weighted by molar-refractivity contribution is 5.63. The molecule has 0 fully saturated rings. The van der Waals surface area contributed by atoms with Crippen LogP contribution >= 0.6 is 0 Å². The van der Waals surface area contributed by atoms with Gasteiger partial charge >= 0.3 is 0 Å². The topological polar surface area (TPSA) is 48.7 Å². The molecule has 0 spiro atoms. The molecule has 0 radical (unpaired) electrons.